The number of rotatable bonds is 3. The highest BCUT2D eigenvalue weighted by Gasteiger charge is 2.30. The molecule has 2 N–H and O–H groups in total. The Morgan fingerprint density at radius 2 is 2.06 bits per heavy atom. The summed E-state index contributed by atoms with van der Waals surface area (Å²) in [6.45, 7) is 3.55. The Hall–Kier alpha value is -1.59. The van der Waals surface area contributed by atoms with Crippen molar-refractivity contribution >= 4 is 11.3 Å². The SMILES string of the molecule is COC1=C(C)c2c1n(CC(O)O)cc(C)c2=O. The monoisotopic (exact) mass is 237 g/mol. The van der Waals surface area contributed by atoms with Gasteiger partial charge in [0.25, 0.3) is 0 Å². The fourth-order valence-corrected chi connectivity index (χ4v) is 2.20. The van der Waals surface area contributed by atoms with E-state index >= 15 is 0 Å². The molecule has 0 saturated heterocycles. The maximum Gasteiger partial charge on any atom is 0.192 e. The van der Waals surface area contributed by atoms with E-state index < -0.39 is 6.29 Å². The van der Waals surface area contributed by atoms with E-state index in [1.165, 1.54) is 7.11 Å². The van der Waals surface area contributed by atoms with Crippen LogP contribution in [0.4, 0.5) is 0 Å². The van der Waals surface area contributed by atoms with Gasteiger partial charge in [-0.1, -0.05) is 0 Å². The number of pyridine rings is 1. The lowest BCUT2D eigenvalue weighted by Crippen LogP contribution is -2.29. The van der Waals surface area contributed by atoms with Gasteiger partial charge in [-0.15, -0.1) is 0 Å². The van der Waals surface area contributed by atoms with Crippen LogP contribution < -0.4 is 5.43 Å². The molecule has 0 fully saturated rings. The molecule has 5 nitrogen and oxygen atoms in total. The van der Waals surface area contributed by atoms with Crippen LogP contribution in [0.15, 0.2) is 11.0 Å². The third-order valence-electron chi connectivity index (χ3n) is 2.95. The summed E-state index contributed by atoms with van der Waals surface area (Å²) in [7, 11) is 1.53. The smallest absolute Gasteiger partial charge is 0.192 e. The largest absolute Gasteiger partial charge is 0.494 e. The Morgan fingerprint density at radius 1 is 1.41 bits per heavy atom. The molecule has 0 spiro atoms. The molecule has 0 atom stereocenters. The van der Waals surface area contributed by atoms with Crippen LogP contribution in [0, 0.1) is 6.92 Å². The van der Waals surface area contributed by atoms with Crippen LogP contribution in [-0.4, -0.2) is 28.2 Å². The lowest BCUT2D eigenvalue weighted by Gasteiger charge is -2.28. The van der Waals surface area contributed by atoms with Crippen LogP contribution in [0.2, 0.25) is 0 Å². The van der Waals surface area contributed by atoms with Crippen LogP contribution in [0.25, 0.3) is 11.3 Å². The minimum absolute atomic E-state index is 0.0175. The van der Waals surface area contributed by atoms with Gasteiger partial charge in [-0.05, 0) is 13.8 Å². The number of hydrogen-bond acceptors (Lipinski definition) is 4. The van der Waals surface area contributed by atoms with E-state index in [0.717, 1.165) is 5.57 Å². The standard InChI is InChI=1S/C12H15NO4/c1-6-4-13(5-8(14)15)10-9(11(6)16)7(2)12(10)17-3/h4,8,14-15H,5H2,1-3H3. The molecule has 5 heteroatoms. The van der Waals surface area contributed by atoms with Crippen molar-refractivity contribution in [3.63, 3.8) is 0 Å². The second kappa shape index (κ2) is 4.01. The molecule has 0 amide bonds. The van der Waals surface area contributed by atoms with Gasteiger partial charge in [0.1, 0.15) is 5.76 Å². The van der Waals surface area contributed by atoms with E-state index in [9.17, 15) is 4.79 Å². The van der Waals surface area contributed by atoms with Crippen LogP contribution in [0.1, 0.15) is 23.7 Å². The van der Waals surface area contributed by atoms with E-state index in [1.54, 1.807) is 17.7 Å². The lowest BCUT2D eigenvalue weighted by atomic mass is 9.90. The molecule has 0 aliphatic heterocycles. The van der Waals surface area contributed by atoms with Gasteiger partial charge in [0.15, 0.2) is 11.7 Å². The Labute approximate surface area is 98.6 Å². The van der Waals surface area contributed by atoms with Crippen molar-refractivity contribution < 1.29 is 14.9 Å². The Balaban J connectivity index is 2.61. The number of allylic oxidation sites excluding steroid dienone is 1. The first-order valence-corrected chi connectivity index (χ1v) is 5.33. The molecule has 1 aliphatic carbocycles. The van der Waals surface area contributed by atoms with Crippen molar-refractivity contribution in [2.75, 3.05) is 7.11 Å². The zero-order valence-electron chi connectivity index (χ0n) is 10.0. The highest BCUT2D eigenvalue weighted by molar-refractivity contribution is 5.99. The summed E-state index contributed by atoms with van der Waals surface area (Å²) in [6, 6.07) is 0. The van der Waals surface area contributed by atoms with Gasteiger partial charge in [0, 0.05) is 17.3 Å². The van der Waals surface area contributed by atoms with Crippen molar-refractivity contribution in [1.82, 2.24) is 4.57 Å². The fraction of sp³-hybridized carbons (Fsp3) is 0.417. The molecule has 0 unspecified atom stereocenters. The first-order valence-electron chi connectivity index (χ1n) is 5.33. The minimum atomic E-state index is -1.46. The second-order valence-electron chi connectivity index (χ2n) is 4.16. The van der Waals surface area contributed by atoms with Gasteiger partial charge in [-0.3, -0.25) is 4.79 Å². The maximum atomic E-state index is 11.9. The molecule has 0 aromatic carbocycles. The molecule has 2 rings (SSSR count). The first kappa shape index (κ1) is 11.9. The summed E-state index contributed by atoms with van der Waals surface area (Å²) in [5.74, 6) is 0.637. The summed E-state index contributed by atoms with van der Waals surface area (Å²) in [6.07, 6.45) is 0.159. The summed E-state index contributed by atoms with van der Waals surface area (Å²) >= 11 is 0. The Bertz CT molecular complexity index is 554. The van der Waals surface area contributed by atoms with E-state index in [-0.39, 0.29) is 12.0 Å². The third kappa shape index (κ3) is 1.67. The predicted molar refractivity (Wildman–Crippen MR) is 63.2 cm³/mol. The number of nitrogens with zero attached hydrogens (tertiary/aromatic N) is 1. The highest BCUT2D eigenvalue weighted by atomic mass is 16.5. The molecule has 1 aromatic heterocycles. The predicted octanol–water partition coefficient (Wildman–Crippen LogP) is 0.315. The van der Waals surface area contributed by atoms with Crippen molar-refractivity contribution in [3.8, 4) is 0 Å². The number of aliphatic hydroxyl groups excluding tert-OH is 1. The average molecular weight is 237 g/mol. The zero-order chi connectivity index (χ0) is 12.7. The minimum Gasteiger partial charge on any atom is -0.494 e. The normalized spacial score (nSPS) is 13.8. The van der Waals surface area contributed by atoms with E-state index in [1.807, 2.05) is 6.92 Å². The van der Waals surface area contributed by atoms with E-state index in [4.69, 9.17) is 14.9 Å². The van der Waals surface area contributed by atoms with Crippen LogP contribution in [-0.2, 0) is 11.3 Å². The van der Waals surface area contributed by atoms with Crippen LogP contribution >= 0.6 is 0 Å². The number of ether oxygens (including phenoxy) is 1. The molecule has 1 aromatic rings. The van der Waals surface area contributed by atoms with Gasteiger partial charge in [0.05, 0.1) is 24.9 Å². The van der Waals surface area contributed by atoms with Crippen molar-refractivity contribution in [3.05, 3.63) is 33.2 Å². The van der Waals surface area contributed by atoms with E-state index in [0.29, 0.717) is 22.6 Å². The van der Waals surface area contributed by atoms with Crippen LogP contribution in [0.3, 0.4) is 0 Å². The van der Waals surface area contributed by atoms with Gasteiger partial charge in [0.2, 0.25) is 0 Å². The first-order chi connectivity index (χ1) is 7.97. The molecular formula is C12H15NO4. The molecule has 0 saturated carbocycles. The summed E-state index contributed by atoms with van der Waals surface area (Å²) in [4.78, 5) is 11.9. The summed E-state index contributed by atoms with van der Waals surface area (Å²) in [5.41, 5.74) is 2.63. The molecule has 1 heterocycles. The molecule has 1 aliphatic rings. The molecule has 0 bridgehead atoms. The Morgan fingerprint density at radius 3 is 2.59 bits per heavy atom. The fourth-order valence-electron chi connectivity index (χ4n) is 2.20. The summed E-state index contributed by atoms with van der Waals surface area (Å²) in [5, 5.41) is 18.1. The van der Waals surface area contributed by atoms with Crippen molar-refractivity contribution in [1.29, 1.82) is 0 Å². The number of aryl methyl sites for hydroxylation is 1. The second-order valence-corrected chi connectivity index (χ2v) is 4.16. The third-order valence-corrected chi connectivity index (χ3v) is 2.95. The van der Waals surface area contributed by atoms with Crippen molar-refractivity contribution in [2.24, 2.45) is 0 Å². The zero-order valence-corrected chi connectivity index (χ0v) is 10.0. The number of methoxy groups -OCH3 is 1. The highest BCUT2D eigenvalue weighted by Crippen LogP contribution is 2.38. The van der Waals surface area contributed by atoms with Crippen LogP contribution in [0.5, 0.6) is 0 Å². The van der Waals surface area contributed by atoms with Gasteiger partial charge >= 0.3 is 0 Å². The quantitative estimate of drug-likeness (QED) is 0.742. The molecule has 92 valence electrons. The van der Waals surface area contributed by atoms with Gasteiger partial charge in [-0.2, -0.15) is 0 Å². The van der Waals surface area contributed by atoms with Gasteiger partial charge < -0.3 is 19.5 Å². The number of hydrogen-bond donors (Lipinski definition) is 2. The maximum absolute atomic E-state index is 11.9. The Kier molecular flexibility index (Phi) is 2.81. The van der Waals surface area contributed by atoms with E-state index in [2.05, 4.69) is 0 Å². The average Bonchev–Trinajstić information content (AvgIpc) is 2.23. The number of aromatic nitrogens is 1. The van der Waals surface area contributed by atoms with Gasteiger partial charge in [-0.25, -0.2) is 0 Å². The number of aliphatic hydroxyl groups is 2. The summed E-state index contributed by atoms with van der Waals surface area (Å²) < 4.78 is 6.84. The molecule has 0 radical (unpaired) electrons. The molecular weight excluding hydrogens is 222 g/mol. The van der Waals surface area contributed by atoms with Crippen molar-refractivity contribution in [2.45, 2.75) is 26.7 Å². The number of fused-ring (bicyclic) bond motifs is 1. The molecule has 17 heavy (non-hydrogen) atoms. The lowest BCUT2D eigenvalue weighted by molar-refractivity contribution is -0.0516. The topological polar surface area (TPSA) is 71.7 Å².